The van der Waals surface area contributed by atoms with E-state index < -0.39 is 0 Å². The van der Waals surface area contributed by atoms with Crippen LogP contribution in [0.5, 0.6) is 0 Å². The molecule has 3 aromatic rings. The topological polar surface area (TPSA) is 54.5 Å². The first-order valence-corrected chi connectivity index (χ1v) is 7.03. The second-order valence-electron chi connectivity index (χ2n) is 4.94. The maximum absolute atomic E-state index is 8.90. The van der Waals surface area contributed by atoms with Crippen molar-refractivity contribution in [2.75, 3.05) is 0 Å². The molecule has 4 nitrogen and oxygen atoms in total. The third kappa shape index (κ3) is 2.37. The summed E-state index contributed by atoms with van der Waals surface area (Å²) in [4.78, 5) is 9.08. The van der Waals surface area contributed by atoms with Crippen molar-refractivity contribution in [1.82, 2.24) is 14.5 Å². The van der Waals surface area contributed by atoms with E-state index in [1.165, 1.54) is 0 Å². The van der Waals surface area contributed by atoms with Crippen LogP contribution in [0.2, 0.25) is 0 Å². The molecule has 1 unspecified atom stereocenters. The van der Waals surface area contributed by atoms with Crippen LogP contribution in [0.15, 0.2) is 36.5 Å². The number of alkyl halides is 1. The van der Waals surface area contributed by atoms with E-state index in [0.29, 0.717) is 5.56 Å². The first-order chi connectivity index (χ1) is 10.1. The lowest BCUT2D eigenvalue weighted by Crippen LogP contribution is -2.02. The smallest absolute Gasteiger partial charge is 0.164 e. The van der Waals surface area contributed by atoms with E-state index in [4.69, 9.17) is 16.9 Å². The van der Waals surface area contributed by atoms with Crippen LogP contribution >= 0.6 is 11.6 Å². The largest absolute Gasteiger partial charge is 0.279 e. The zero-order chi connectivity index (χ0) is 15.0. The number of benzene rings is 1. The van der Waals surface area contributed by atoms with Gasteiger partial charge in [-0.2, -0.15) is 5.26 Å². The van der Waals surface area contributed by atoms with Gasteiger partial charge in [-0.05, 0) is 49.7 Å². The van der Waals surface area contributed by atoms with Crippen molar-refractivity contribution in [2.45, 2.75) is 19.2 Å². The number of halogens is 1. The Hall–Kier alpha value is -2.38. The van der Waals surface area contributed by atoms with Crippen molar-refractivity contribution in [1.29, 1.82) is 5.26 Å². The molecule has 0 N–H and O–H groups in total. The first kappa shape index (κ1) is 13.6. The monoisotopic (exact) mass is 296 g/mol. The average molecular weight is 297 g/mol. The molecule has 3 rings (SSSR count). The Balaban J connectivity index is 2.28. The number of imidazole rings is 1. The van der Waals surface area contributed by atoms with Gasteiger partial charge in [0.25, 0.3) is 0 Å². The molecule has 0 radical (unpaired) electrons. The lowest BCUT2D eigenvalue weighted by Gasteiger charge is -2.10. The lowest BCUT2D eigenvalue weighted by atomic mass is 10.2. The van der Waals surface area contributed by atoms with Crippen molar-refractivity contribution in [3.05, 3.63) is 53.5 Å². The maximum atomic E-state index is 8.90. The van der Waals surface area contributed by atoms with Gasteiger partial charge in [-0.15, -0.1) is 11.6 Å². The van der Waals surface area contributed by atoms with Crippen molar-refractivity contribution in [3.63, 3.8) is 0 Å². The van der Waals surface area contributed by atoms with Gasteiger partial charge in [-0.1, -0.05) is 0 Å². The van der Waals surface area contributed by atoms with E-state index in [2.05, 4.69) is 16.0 Å². The van der Waals surface area contributed by atoms with Gasteiger partial charge in [0.1, 0.15) is 11.3 Å². The molecule has 5 heteroatoms. The molecule has 2 heterocycles. The van der Waals surface area contributed by atoms with Crippen molar-refractivity contribution in [2.24, 2.45) is 0 Å². The number of hydrogen-bond donors (Lipinski definition) is 0. The van der Waals surface area contributed by atoms with Crippen molar-refractivity contribution < 1.29 is 0 Å². The Labute approximate surface area is 127 Å². The zero-order valence-electron chi connectivity index (χ0n) is 11.7. The van der Waals surface area contributed by atoms with Gasteiger partial charge >= 0.3 is 0 Å². The number of hydrogen-bond acceptors (Lipinski definition) is 3. The molecular formula is C16H13ClN4. The van der Waals surface area contributed by atoms with Crippen molar-refractivity contribution in [3.8, 4) is 11.8 Å². The minimum absolute atomic E-state index is 0.241. The summed E-state index contributed by atoms with van der Waals surface area (Å²) < 4.78 is 1.94. The van der Waals surface area contributed by atoms with E-state index >= 15 is 0 Å². The molecule has 0 amide bonds. The van der Waals surface area contributed by atoms with Gasteiger partial charge in [0, 0.05) is 11.9 Å². The van der Waals surface area contributed by atoms with Crippen LogP contribution in [0.4, 0.5) is 0 Å². The number of rotatable bonds is 2. The van der Waals surface area contributed by atoms with Crippen LogP contribution in [0.25, 0.3) is 16.9 Å². The second-order valence-corrected chi connectivity index (χ2v) is 5.59. The summed E-state index contributed by atoms with van der Waals surface area (Å²) in [6.45, 7) is 3.87. The normalized spacial score (nSPS) is 12.3. The molecule has 21 heavy (non-hydrogen) atoms. The van der Waals surface area contributed by atoms with Crippen molar-refractivity contribution >= 4 is 22.8 Å². The standard InChI is InChI=1S/C16H13ClN4/c1-10-7-14-16(19-9-10)21(15(20-14)11(2)17)13-5-3-12(8-18)4-6-13/h3-7,9,11H,1-2H3. The van der Waals surface area contributed by atoms with E-state index in [-0.39, 0.29) is 5.38 Å². The summed E-state index contributed by atoms with van der Waals surface area (Å²) in [5.41, 5.74) is 4.17. The highest BCUT2D eigenvalue weighted by molar-refractivity contribution is 6.20. The minimum Gasteiger partial charge on any atom is -0.279 e. The quantitative estimate of drug-likeness (QED) is 0.674. The summed E-state index contributed by atoms with van der Waals surface area (Å²) in [6, 6.07) is 11.4. The molecule has 0 saturated carbocycles. The zero-order valence-corrected chi connectivity index (χ0v) is 12.5. The maximum Gasteiger partial charge on any atom is 0.164 e. The highest BCUT2D eigenvalue weighted by Gasteiger charge is 2.17. The number of fused-ring (bicyclic) bond motifs is 1. The Morgan fingerprint density at radius 2 is 2.00 bits per heavy atom. The van der Waals surface area contributed by atoms with Gasteiger partial charge in [-0.3, -0.25) is 4.57 Å². The number of nitriles is 1. The molecule has 0 fully saturated rings. The van der Waals surface area contributed by atoms with E-state index in [1.54, 1.807) is 12.1 Å². The third-order valence-corrected chi connectivity index (χ3v) is 3.47. The van der Waals surface area contributed by atoms with Gasteiger partial charge < -0.3 is 0 Å². The number of pyridine rings is 1. The van der Waals surface area contributed by atoms with Crippen LogP contribution < -0.4 is 0 Å². The van der Waals surface area contributed by atoms with Crippen LogP contribution in [-0.2, 0) is 0 Å². The molecule has 2 aromatic heterocycles. The van der Waals surface area contributed by atoms with E-state index in [9.17, 15) is 0 Å². The lowest BCUT2D eigenvalue weighted by molar-refractivity contribution is 0.877. The molecule has 0 spiro atoms. The second kappa shape index (κ2) is 5.19. The highest BCUT2D eigenvalue weighted by atomic mass is 35.5. The molecular weight excluding hydrogens is 284 g/mol. The Morgan fingerprint density at radius 3 is 2.62 bits per heavy atom. The molecule has 104 valence electrons. The minimum atomic E-state index is -0.241. The SMILES string of the molecule is Cc1cnc2c(c1)nc(C(C)Cl)n2-c1ccc(C#N)cc1. The van der Waals surface area contributed by atoms with Gasteiger partial charge in [0.15, 0.2) is 5.65 Å². The Kier molecular flexibility index (Phi) is 3.36. The first-order valence-electron chi connectivity index (χ1n) is 6.60. The fourth-order valence-corrected chi connectivity index (χ4v) is 2.44. The molecule has 0 bridgehead atoms. The molecule has 0 aliphatic rings. The predicted molar refractivity (Wildman–Crippen MR) is 82.6 cm³/mol. The highest BCUT2D eigenvalue weighted by Crippen LogP contribution is 2.27. The molecule has 0 aliphatic heterocycles. The Bertz CT molecular complexity index is 841. The predicted octanol–water partition coefficient (Wildman–Crippen LogP) is 3.90. The average Bonchev–Trinajstić information content (AvgIpc) is 2.86. The summed E-state index contributed by atoms with van der Waals surface area (Å²) >= 11 is 6.26. The van der Waals surface area contributed by atoms with E-state index in [0.717, 1.165) is 28.2 Å². The van der Waals surface area contributed by atoms with Gasteiger partial charge in [0.2, 0.25) is 0 Å². The number of aromatic nitrogens is 3. The molecule has 1 atom stereocenters. The summed E-state index contributed by atoms with van der Waals surface area (Å²) in [7, 11) is 0. The fraction of sp³-hybridized carbons (Fsp3) is 0.188. The number of nitrogens with zero attached hydrogens (tertiary/aromatic N) is 4. The Morgan fingerprint density at radius 1 is 1.29 bits per heavy atom. The van der Waals surface area contributed by atoms with Crippen LogP contribution in [0, 0.1) is 18.3 Å². The summed E-state index contributed by atoms with van der Waals surface area (Å²) in [6.07, 6.45) is 1.81. The molecule has 0 aliphatic carbocycles. The van der Waals surface area contributed by atoms with Crippen LogP contribution in [0.3, 0.4) is 0 Å². The summed E-state index contributed by atoms with van der Waals surface area (Å²) in [5, 5.41) is 8.66. The van der Waals surface area contributed by atoms with Crippen LogP contribution in [0.1, 0.15) is 29.3 Å². The van der Waals surface area contributed by atoms with Gasteiger partial charge in [0.05, 0.1) is 17.0 Å². The summed E-state index contributed by atoms with van der Waals surface area (Å²) in [5.74, 6) is 0.745. The third-order valence-electron chi connectivity index (χ3n) is 3.27. The van der Waals surface area contributed by atoms with Crippen LogP contribution in [-0.4, -0.2) is 14.5 Å². The fourth-order valence-electron chi connectivity index (χ4n) is 2.29. The van der Waals surface area contributed by atoms with Gasteiger partial charge in [-0.25, -0.2) is 9.97 Å². The number of aryl methyl sites for hydroxylation is 1. The molecule has 0 saturated heterocycles. The van der Waals surface area contributed by atoms with E-state index in [1.807, 2.05) is 42.8 Å². The molecule has 1 aromatic carbocycles.